The number of carbonyl (C=O) groups excluding carboxylic acids is 1. The lowest BCUT2D eigenvalue weighted by Crippen LogP contribution is -2.19. The van der Waals surface area contributed by atoms with Gasteiger partial charge in [-0.1, -0.05) is 0 Å². The molecule has 0 atom stereocenters. The number of hydrazone groups is 1. The molecule has 0 spiro atoms. The van der Waals surface area contributed by atoms with Crippen molar-refractivity contribution in [2.24, 2.45) is 5.10 Å². The lowest BCUT2D eigenvalue weighted by atomic mass is 10.4. The number of nitrogens with one attached hydrogen (secondary N) is 1. The number of hydrogen-bond donors (Lipinski definition) is 2. The maximum absolute atomic E-state index is 11.4. The normalized spacial score (nSPS) is 10.9. The number of rotatable bonds is 3. The van der Waals surface area contributed by atoms with Crippen molar-refractivity contribution >= 4 is 45.2 Å². The van der Waals surface area contributed by atoms with Gasteiger partial charge in [-0.2, -0.15) is 5.10 Å². The summed E-state index contributed by atoms with van der Waals surface area (Å²) >= 11 is 4.79. The topological polar surface area (TPSA) is 106 Å². The van der Waals surface area contributed by atoms with E-state index < -0.39 is 5.91 Å². The third kappa shape index (κ3) is 2.88. The number of nitrogens with two attached hydrogens (primary N) is 1. The third-order valence-electron chi connectivity index (χ3n) is 1.67. The Kier molecular flexibility index (Phi) is 3.49. The lowest BCUT2D eigenvalue weighted by Gasteiger charge is -1.93. The minimum Gasteiger partial charge on any atom is -0.379 e. The molecule has 2 aromatic heterocycles. The fourth-order valence-corrected chi connectivity index (χ4v) is 2.26. The first kappa shape index (κ1) is 11.7. The van der Waals surface area contributed by atoms with E-state index in [1.165, 1.54) is 17.6 Å². The standard InChI is InChI=1S/C8H6BrN5O2S/c9-4-1-5(17-3-4)2-11-12-8(15)6-7(10)14-16-13-6/h1-3H,(H2,10,14)(H,12,15)/b11-2+. The van der Waals surface area contributed by atoms with Crippen LogP contribution in [0.2, 0.25) is 0 Å². The zero-order chi connectivity index (χ0) is 12.3. The summed E-state index contributed by atoms with van der Waals surface area (Å²) in [5, 5.41) is 12.3. The van der Waals surface area contributed by atoms with Gasteiger partial charge in [0.05, 0.1) is 6.21 Å². The molecule has 2 rings (SSSR count). The summed E-state index contributed by atoms with van der Waals surface area (Å²) in [4.78, 5) is 12.3. The Morgan fingerprint density at radius 2 is 2.47 bits per heavy atom. The van der Waals surface area contributed by atoms with E-state index in [4.69, 9.17) is 5.73 Å². The molecule has 0 aliphatic rings. The Bertz CT molecular complexity index is 564. The maximum Gasteiger partial charge on any atom is 0.297 e. The highest BCUT2D eigenvalue weighted by molar-refractivity contribution is 9.10. The Morgan fingerprint density at radius 3 is 3.06 bits per heavy atom. The molecule has 2 aromatic rings. The number of nitrogens with zero attached hydrogens (tertiary/aromatic N) is 3. The van der Waals surface area contributed by atoms with Gasteiger partial charge in [0.1, 0.15) is 0 Å². The first-order chi connectivity index (χ1) is 8.16. The van der Waals surface area contributed by atoms with Crippen molar-refractivity contribution in [1.29, 1.82) is 0 Å². The highest BCUT2D eigenvalue weighted by Crippen LogP contribution is 2.17. The number of aromatic nitrogens is 2. The molecule has 3 N–H and O–H groups in total. The van der Waals surface area contributed by atoms with Crippen LogP contribution in [-0.2, 0) is 0 Å². The van der Waals surface area contributed by atoms with Crippen molar-refractivity contribution in [1.82, 2.24) is 15.7 Å². The first-order valence-corrected chi connectivity index (χ1v) is 5.99. The molecule has 0 aliphatic carbocycles. The van der Waals surface area contributed by atoms with E-state index >= 15 is 0 Å². The first-order valence-electron chi connectivity index (χ1n) is 4.32. The lowest BCUT2D eigenvalue weighted by molar-refractivity contribution is 0.0946. The van der Waals surface area contributed by atoms with Gasteiger partial charge in [-0.05, 0) is 32.3 Å². The average Bonchev–Trinajstić information content (AvgIpc) is 2.87. The Balaban J connectivity index is 1.97. The van der Waals surface area contributed by atoms with Gasteiger partial charge in [0.2, 0.25) is 11.5 Å². The van der Waals surface area contributed by atoms with Crippen LogP contribution in [0.15, 0.2) is 25.6 Å². The molecule has 0 fully saturated rings. The molecule has 2 heterocycles. The van der Waals surface area contributed by atoms with Gasteiger partial charge in [0, 0.05) is 14.7 Å². The van der Waals surface area contributed by atoms with Crippen LogP contribution < -0.4 is 11.2 Å². The van der Waals surface area contributed by atoms with E-state index in [0.29, 0.717) is 0 Å². The monoisotopic (exact) mass is 315 g/mol. The summed E-state index contributed by atoms with van der Waals surface area (Å²) in [6.07, 6.45) is 1.51. The maximum atomic E-state index is 11.4. The number of anilines is 1. The third-order valence-corrected chi connectivity index (χ3v) is 3.30. The average molecular weight is 316 g/mol. The minimum atomic E-state index is -0.573. The summed E-state index contributed by atoms with van der Waals surface area (Å²) in [6, 6.07) is 1.87. The molecular weight excluding hydrogens is 310 g/mol. The second-order valence-corrected chi connectivity index (χ2v) is 4.72. The molecule has 17 heavy (non-hydrogen) atoms. The second kappa shape index (κ2) is 5.06. The number of nitrogen functional groups attached to an aromatic ring is 1. The van der Waals surface area contributed by atoms with Crippen LogP contribution in [-0.4, -0.2) is 22.4 Å². The number of hydrogen-bond acceptors (Lipinski definition) is 7. The van der Waals surface area contributed by atoms with Crippen LogP contribution in [0.4, 0.5) is 5.82 Å². The SMILES string of the molecule is Nc1nonc1C(=O)N/N=C/c1cc(Br)cs1. The second-order valence-electron chi connectivity index (χ2n) is 2.86. The van der Waals surface area contributed by atoms with Crippen molar-refractivity contribution in [3.63, 3.8) is 0 Å². The molecule has 7 nitrogen and oxygen atoms in total. The van der Waals surface area contributed by atoms with Crippen LogP contribution in [0, 0.1) is 0 Å². The number of carbonyl (C=O) groups is 1. The van der Waals surface area contributed by atoms with Crippen LogP contribution in [0.5, 0.6) is 0 Å². The molecule has 0 aromatic carbocycles. The van der Waals surface area contributed by atoms with Gasteiger partial charge in [0.25, 0.3) is 5.91 Å². The molecule has 88 valence electrons. The number of halogens is 1. The van der Waals surface area contributed by atoms with Crippen molar-refractivity contribution in [2.45, 2.75) is 0 Å². The van der Waals surface area contributed by atoms with E-state index in [-0.39, 0.29) is 11.5 Å². The molecular formula is C8H6BrN5O2S. The molecule has 0 aliphatic heterocycles. The van der Waals surface area contributed by atoms with Crippen LogP contribution in [0.3, 0.4) is 0 Å². The van der Waals surface area contributed by atoms with E-state index in [2.05, 4.69) is 41.4 Å². The van der Waals surface area contributed by atoms with Gasteiger partial charge < -0.3 is 5.73 Å². The largest absolute Gasteiger partial charge is 0.379 e. The van der Waals surface area contributed by atoms with Crippen molar-refractivity contribution < 1.29 is 9.42 Å². The van der Waals surface area contributed by atoms with E-state index in [9.17, 15) is 4.79 Å². The quantitative estimate of drug-likeness (QED) is 0.654. The molecule has 0 saturated carbocycles. The smallest absolute Gasteiger partial charge is 0.297 e. The Morgan fingerprint density at radius 1 is 1.65 bits per heavy atom. The summed E-state index contributed by atoms with van der Waals surface area (Å²) in [6.45, 7) is 0. The summed E-state index contributed by atoms with van der Waals surface area (Å²) in [7, 11) is 0. The zero-order valence-electron chi connectivity index (χ0n) is 8.25. The van der Waals surface area contributed by atoms with Crippen LogP contribution in [0.25, 0.3) is 0 Å². The van der Waals surface area contributed by atoms with Crippen LogP contribution in [0.1, 0.15) is 15.4 Å². The van der Waals surface area contributed by atoms with E-state index in [1.54, 1.807) is 0 Å². The molecule has 1 amide bonds. The van der Waals surface area contributed by atoms with E-state index in [0.717, 1.165) is 9.35 Å². The van der Waals surface area contributed by atoms with Gasteiger partial charge in [-0.3, -0.25) is 4.79 Å². The van der Waals surface area contributed by atoms with Gasteiger partial charge in [0.15, 0.2) is 0 Å². The molecule has 0 unspecified atom stereocenters. The fraction of sp³-hybridized carbons (Fsp3) is 0. The summed E-state index contributed by atoms with van der Waals surface area (Å²) in [5.74, 6) is -0.646. The summed E-state index contributed by atoms with van der Waals surface area (Å²) < 4.78 is 5.25. The highest BCUT2D eigenvalue weighted by atomic mass is 79.9. The van der Waals surface area contributed by atoms with Gasteiger partial charge >= 0.3 is 0 Å². The van der Waals surface area contributed by atoms with Crippen LogP contribution >= 0.6 is 27.3 Å². The fourth-order valence-electron chi connectivity index (χ4n) is 0.956. The number of thiophene rings is 1. The predicted octanol–water partition coefficient (Wildman–Crippen LogP) is 1.24. The van der Waals surface area contributed by atoms with Crippen molar-refractivity contribution in [2.75, 3.05) is 5.73 Å². The molecule has 9 heteroatoms. The summed E-state index contributed by atoms with van der Waals surface area (Å²) in [5.41, 5.74) is 7.52. The Hall–Kier alpha value is -1.74. The van der Waals surface area contributed by atoms with Crippen molar-refractivity contribution in [3.8, 4) is 0 Å². The van der Waals surface area contributed by atoms with Gasteiger partial charge in [-0.15, -0.1) is 11.3 Å². The zero-order valence-corrected chi connectivity index (χ0v) is 10.7. The van der Waals surface area contributed by atoms with Gasteiger partial charge in [-0.25, -0.2) is 10.1 Å². The minimum absolute atomic E-state index is 0.0726. The number of amides is 1. The highest BCUT2D eigenvalue weighted by Gasteiger charge is 2.14. The molecule has 0 saturated heterocycles. The molecule has 0 bridgehead atoms. The predicted molar refractivity (Wildman–Crippen MR) is 65.8 cm³/mol. The van der Waals surface area contributed by atoms with E-state index in [1.807, 2.05) is 11.4 Å². The Labute approximate surface area is 108 Å². The van der Waals surface area contributed by atoms with Crippen molar-refractivity contribution in [3.05, 3.63) is 26.5 Å². The molecule has 0 radical (unpaired) electrons.